The molecule has 0 aliphatic heterocycles. The molecule has 2 rings (SSSR count). The molecule has 0 saturated heterocycles. The highest BCUT2D eigenvalue weighted by Gasteiger charge is 2.04. The number of benzene rings is 1. The van der Waals surface area contributed by atoms with Crippen molar-refractivity contribution in [2.75, 3.05) is 11.9 Å². The highest BCUT2D eigenvalue weighted by molar-refractivity contribution is 5.42. The van der Waals surface area contributed by atoms with Crippen molar-refractivity contribution in [1.29, 1.82) is 5.26 Å². The van der Waals surface area contributed by atoms with Crippen LogP contribution in [0.25, 0.3) is 0 Å². The van der Waals surface area contributed by atoms with Crippen LogP contribution in [-0.2, 0) is 0 Å². The fourth-order valence-electron chi connectivity index (χ4n) is 1.95. The van der Waals surface area contributed by atoms with Gasteiger partial charge in [0.1, 0.15) is 11.8 Å². The van der Waals surface area contributed by atoms with Gasteiger partial charge >= 0.3 is 0 Å². The van der Waals surface area contributed by atoms with Crippen molar-refractivity contribution >= 4 is 5.69 Å². The van der Waals surface area contributed by atoms with E-state index in [2.05, 4.69) is 41.5 Å². The van der Waals surface area contributed by atoms with E-state index in [1.165, 1.54) is 5.56 Å². The Morgan fingerprint density at radius 3 is 2.63 bits per heavy atom. The summed E-state index contributed by atoms with van der Waals surface area (Å²) in [4.78, 5) is 4.03. The van der Waals surface area contributed by atoms with Crippen LogP contribution in [0.5, 0.6) is 0 Å². The van der Waals surface area contributed by atoms with Gasteiger partial charge in [-0.2, -0.15) is 5.26 Å². The molecule has 0 amide bonds. The van der Waals surface area contributed by atoms with E-state index in [1.807, 2.05) is 18.2 Å². The Kier molecular flexibility index (Phi) is 4.52. The highest BCUT2D eigenvalue weighted by Crippen LogP contribution is 2.18. The van der Waals surface area contributed by atoms with Crippen molar-refractivity contribution in [3.05, 3.63) is 59.9 Å². The zero-order valence-electron chi connectivity index (χ0n) is 11.0. The smallest absolute Gasteiger partial charge is 0.140 e. The number of nitrogens with zero attached hydrogens (tertiary/aromatic N) is 2. The fraction of sp³-hybridized carbons (Fsp3) is 0.250. The van der Waals surface area contributed by atoms with Crippen LogP contribution in [0.1, 0.15) is 30.5 Å². The summed E-state index contributed by atoms with van der Waals surface area (Å²) in [6.45, 7) is 3.12. The molecular formula is C16H17N3. The fourth-order valence-corrected chi connectivity index (χ4v) is 1.95. The van der Waals surface area contributed by atoms with Gasteiger partial charge < -0.3 is 5.32 Å². The van der Waals surface area contributed by atoms with Gasteiger partial charge in [-0.15, -0.1) is 0 Å². The molecule has 2 aromatic rings. The summed E-state index contributed by atoms with van der Waals surface area (Å²) in [5, 5.41) is 12.0. The number of hydrogen-bond acceptors (Lipinski definition) is 3. The molecule has 3 nitrogen and oxygen atoms in total. The molecule has 19 heavy (non-hydrogen) atoms. The van der Waals surface area contributed by atoms with Crippen LogP contribution >= 0.6 is 0 Å². The molecular weight excluding hydrogens is 234 g/mol. The molecule has 0 radical (unpaired) electrons. The van der Waals surface area contributed by atoms with Gasteiger partial charge in [0.25, 0.3) is 0 Å². The van der Waals surface area contributed by atoms with Crippen LogP contribution in [-0.4, -0.2) is 11.5 Å². The van der Waals surface area contributed by atoms with E-state index in [9.17, 15) is 0 Å². The zero-order valence-corrected chi connectivity index (χ0v) is 11.0. The zero-order chi connectivity index (χ0) is 13.5. The van der Waals surface area contributed by atoms with E-state index in [0.29, 0.717) is 11.6 Å². The van der Waals surface area contributed by atoms with Crippen molar-refractivity contribution in [2.45, 2.75) is 19.3 Å². The maximum absolute atomic E-state index is 8.67. The Hall–Kier alpha value is -2.34. The highest BCUT2D eigenvalue weighted by atomic mass is 14.9. The van der Waals surface area contributed by atoms with Crippen molar-refractivity contribution < 1.29 is 0 Å². The lowest BCUT2D eigenvalue weighted by Gasteiger charge is -2.12. The summed E-state index contributed by atoms with van der Waals surface area (Å²) < 4.78 is 0. The van der Waals surface area contributed by atoms with E-state index in [4.69, 9.17) is 5.26 Å². The number of rotatable bonds is 5. The Morgan fingerprint density at radius 2 is 2.00 bits per heavy atom. The van der Waals surface area contributed by atoms with Crippen LogP contribution in [0.3, 0.4) is 0 Å². The van der Waals surface area contributed by atoms with Crippen molar-refractivity contribution in [2.24, 2.45) is 0 Å². The molecule has 1 unspecified atom stereocenters. The Bertz CT molecular complexity index is 540. The second-order valence-electron chi connectivity index (χ2n) is 4.57. The van der Waals surface area contributed by atoms with E-state index < -0.39 is 0 Å². The van der Waals surface area contributed by atoms with Gasteiger partial charge in [-0.3, -0.25) is 0 Å². The molecule has 1 aromatic heterocycles. The Morgan fingerprint density at radius 1 is 1.21 bits per heavy atom. The summed E-state index contributed by atoms with van der Waals surface area (Å²) >= 11 is 0. The van der Waals surface area contributed by atoms with Crippen LogP contribution in [0.2, 0.25) is 0 Å². The monoisotopic (exact) mass is 251 g/mol. The number of nitrogens with one attached hydrogen (secondary N) is 1. The standard InChI is InChI=1S/C16H17N3/c1-13(14-5-3-2-4-6-14)9-10-18-16-8-7-15(11-17)19-12-16/h2-8,12-13,18H,9-10H2,1H3. The molecule has 96 valence electrons. The quantitative estimate of drug-likeness (QED) is 0.884. The van der Waals surface area contributed by atoms with Crippen molar-refractivity contribution in [3.8, 4) is 6.07 Å². The Balaban J connectivity index is 1.81. The van der Waals surface area contributed by atoms with Crippen LogP contribution in [0.15, 0.2) is 48.7 Å². The average molecular weight is 251 g/mol. The van der Waals surface area contributed by atoms with E-state index >= 15 is 0 Å². The molecule has 0 spiro atoms. The largest absolute Gasteiger partial charge is 0.384 e. The maximum Gasteiger partial charge on any atom is 0.140 e. The lowest BCUT2D eigenvalue weighted by Crippen LogP contribution is -2.06. The second kappa shape index (κ2) is 6.55. The summed E-state index contributed by atoms with van der Waals surface area (Å²) in [7, 11) is 0. The summed E-state index contributed by atoms with van der Waals surface area (Å²) in [5.41, 5.74) is 2.77. The lowest BCUT2D eigenvalue weighted by atomic mass is 9.98. The van der Waals surface area contributed by atoms with E-state index in [1.54, 1.807) is 12.3 Å². The molecule has 0 bridgehead atoms. The third-order valence-electron chi connectivity index (χ3n) is 3.15. The number of anilines is 1. The molecule has 0 aliphatic carbocycles. The van der Waals surface area contributed by atoms with Crippen molar-refractivity contribution in [1.82, 2.24) is 4.98 Å². The van der Waals surface area contributed by atoms with Gasteiger partial charge in [0.05, 0.1) is 11.9 Å². The minimum Gasteiger partial charge on any atom is -0.384 e. The van der Waals surface area contributed by atoms with Gasteiger partial charge in [-0.25, -0.2) is 4.98 Å². The van der Waals surface area contributed by atoms with Crippen LogP contribution < -0.4 is 5.32 Å². The molecule has 0 saturated carbocycles. The molecule has 1 heterocycles. The lowest BCUT2D eigenvalue weighted by molar-refractivity contribution is 0.706. The first-order valence-electron chi connectivity index (χ1n) is 6.44. The van der Waals surface area contributed by atoms with Gasteiger partial charge in [0, 0.05) is 6.54 Å². The second-order valence-corrected chi connectivity index (χ2v) is 4.57. The number of aromatic nitrogens is 1. The van der Waals surface area contributed by atoms with Crippen LogP contribution in [0, 0.1) is 11.3 Å². The third kappa shape index (κ3) is 3.82. The Labute approximate surface area is 113 Å². The van der Waals surface area contributed by atoms with Gasteiger partial charge in [0.2, 0.25) is 0 Å². The first-order valence-corrected chi connectivity index (χ1v) is 6.44. The molecule has 1 atom stereocenters. The summed E-state index contributed by atoms with van der Waals surface area (Å²) in [5.74, 6) is 0.528. The first kappa shape index (κ1) is 13.1. The van der Waals surface area contributed by atoms with E-state index in [-0.39, 0.29) is 0 Å². The predicted molar refractivity (Wildman–Crippen MR) is 76.9 cm³/mol. The van der Waals surface area contributed by atoms with Gasteiger partial charge in [-0.1, -0.05) is 37.3 Å². The van der Waals surface area contributed by atoms with Crippen molar-refractivity contribution in [3.63, 3.8) is 0 Å². The minimum atomic E-state index is 0.447. The maximum atomic E-state index is 8.67. The molecule has 0 aliphatic rings. The molecule has 3 heteroatoms. The average Bonchev–Trinajstić information content (AvgIpc) is 2.49. The molecule has 0 fully saturated rings. The predicted octanol–water partition coefficient (Wildman–Crippen LogP) is 3.56. The molecule has 1 N–H and O–H groups in total. The van der Waals surface area contributed by atoms with Gasteiger partial charge in [0.15, 0.2) is 0 Å². The van der Waals surface area contributed by atoms with Gasteiger partial charge in [-0.05, 0) is 30.0 Å². The summed E-state index contributed by atoms with van der Waals surface area (Å²) in [6, 6.07) is 16.1. The SMILES string of the molecule is CC(CCNc1ccc(C#N)nc1)c1ccccc1. The minimum absolute atomic E-state index is 0.447. The first-order chi connectivity index (χ1) is 9.29. The van der Waals surface area contributed by atoms with Crippen LogP contribution in [0.4, 0.5) is 5.69 Å². The van der Waals surface area contributed by atoms with E-state index in [0.717, 1.165) is 18.7 Å². The number of pyridine rings is 1. The third-order valence-corrected chi connectivity index (χ3v) is 3.15. The number of hydrogen-bond donors (Lipinski definition) is 1. The topological polar surface area (TPSA) is 48.7 Å². The summed E-state index contributed by atoms with van der Waals surface area (Å²) in [6.07, 6.45) is 2.76. The normalized spacial score (nSPS) is 11.6. The number of nitriles is 1. The molecule has 1 aromatic carbocycles.